The van der Waals surface area contributed by atoms with E-state index in [9.17, 15) is 9.59 Å². The lowest BCUT2D eigenvalue weighted by Crippen LogP contribution is -2.56. The van der Waals surface area contributed by atoms with E-state index in [1.165, 1.54) is 5.56 Å². The molecule has 3 aliphatic rings. The SMILES string of the molecule is O=C1N[C@@H](Cc2ccccc2)CN1C1CC2(CC(c3n[nH]c(=O)c4ccccc34)C2)C1. The molecule has 1 aliphatic heterocycles. The number of fused-ring (bicyclic) bond motifs is 1. The molecule has 6 heteroatoms. The summed E-state index contributed by atoms with van der Waals surface area (Å²) in [4.78, 5) is 26.7. The van der Waals surface area contributed by atoms with E-state index in [2.05, 4.69) is 32.5 Å². The highest BCUT2D eigenvalue weighted by molar-refractivity contribution is 5.84. The van der Waals surface area contributed by atoms with Crippen LogP contribution in [0.1, 0.15) is 42.9 Å². The summed E-state index contributed by atoms with van der Waals surface area (Å²) in [5, 5.41) is 11.9. The van der Waals surface area contributed by atoms with Gasteiger partial charge in [-0.2, -0.15) is 5.10 Å². The molecule has 0 radical (unpaired) electrons. The van der Waals surface area contributed by atoms with Crippen LogP contribution >= 0.6 is 0 Å². The van der Waals surface area contributed by atoms with E-state index in [-0.39, 0.29) is 17.6 Å². The lowest BCUT2D eigenvalue weighted by atomic mass is 9.49. The third-order valence-electron chi connectivity index (χ3n) is 7.58. The van der Waals surface area contributed by atoms with Crippen molar-refractivity contribution in [2.45, 2.75) is 50.1 Å². The number of rotatable bonds is 4. The Hall–Kier alpha value is -3.15. The Morgan fingerprint density at radius 3 is 2.42 bits per heavy atom. The van der Waals surface area contributed by atoms with E-state index in [0.717, 1.165) is 55.1 Å². The van der Waals surface area contributed by atoms with Gasteiger partial charge in [-0.15, -0.1) is 0 Å². The molecule has 3 fully saturated rings. The van der Waals surface area contributed by atoms with Crippen LogP contribution in [-0.2, 0) is 6.42 Å². The zero-order valence-electron chi connectivity index (χ0n) is 17.4. The third kappa shape index (κ3) is 3.12. The normalized spacial score (nSPS) is 29.6. The summed E-state index contributed by atoms with van der Waals surface area (Å²) in [6.07, 6.45) is 5.23. The second-order valence-corrected chi connectivity index (χ2v) is 9.64. The fourth-order valence-electron chi connectivity index (χ4n) is 6.07. The standard InChI is InChI=1S/C25H26N4O2/c30-23-21-9-5-4-8-20(21)22(27-28-23)17-11-25(12-17)13-19(14-25)29-15-18(26-24(29)31)10-16-6-2-1-3-7-16/h1-9,17-19H,10-15H2,(H,26,31)(H,28,30)/t17?,18-,19?,25?/m0/s1. The molecule has 1 saturated heterocycles. The quantitative estimate of drug-likeness (QED) is 0.685. The predicted octanol–water partition coefficient (Wildman–Crippen LogP) is 3.59. The number of benzene rings is 2. The maximum absolute atomic E-state index is 12.6. The summed E-state index contributed by atoms with van der Waals surface area (Å²) < 4.78 is 0. The van der Waals surface area contributed by atoms with Crippen molar-refractivity contribution in [1.82, 2.24) is 20.4 Å². The van der Waals surface area contributed by atoms with Gasteiger partial charge in [-0.1, -0.05) is 48.5 Å². The van der Waals surface area contributed by atoms with Gasteiger partial charge in [0.15, 0.2) is 0 Å². The number of hydrogen-bond donors (Lipinski definition) is 2. The maximum atomic E-state index is 12.6. The van der Waals surface area contributed by atoms with E-state index < -0.39 is 0 Å². The molecule has 2 amide bonds. The van der Waals surface area contributed by atoms with Crippen molar-refractivity contribution in [2.75, 3.05) is 6.54 Å². The monoisotopic (exact) mass is 414 g/mol. The molecule has 6 rings (SSSR count). The summed E-state index contributed by atoms with van der Waals surface area (Å²) in [5.41, 5.74) is 2.50. The number of H-pyrrole nitrogens is 1. The largest absolute Gasteiger partial charge is 0.333 e. The van der Waals surface area contributed by atoms with Crippen LogP contribution in [0.3, 0.4) is 0 Å². The minimum atomic E-state index is -0.123. The van der Waals surface area contributed by atoms with Gasteiger partial charge in [-0.3, -0.25) is 4.79 Å². The molecule has 1 aromatic heterocycles. The van der Waals surface area contributed by atoms with Crippen LogP contribution < -0.4 is 10.9 Å². The third-order valence-corrected chi connectivity index (χ3v) is 7.58. The average molecular weight is 415 g/mol. The molecule has 0 bridgehead atoms. The van der Waals surface area contributed by atoms with Crippen molar-refractivity contribution in [3.8, 4) is 0 Å². The number of aromatic nitrogens is 2. The van der Waals surface area contributed by atoms with Gasteiger partial charge in [0.1, 0.15) is 0 Å². The first-order valence-corrected chi connectivity index (χ1v) is 11.2. The number of amides is 2. The number of carbonyl (C=O) groups is 1. The lowest BCUT2D eigenvalue weighted by Gasteiger charge is -2.59. The number of nitrogens with zero attached hydrogens (tertiary/aromatic N) is 2. The highest BCUT2D eigenvalue weighted by Gasteiger charge is 2.56. The molecule has 3 aromatic rings. The van der Waals surface area contributed by atoms with Gasteiger partial charge >= 0.3 is 6.03 Å². The number of aromatic amines is 1. The molecule has 2 saturated carbocycles. The zero-order valence-corrected chi connectivity index (χ0v) is 17.4. The van der Waals surface area contributed by atoms with Crippen molar-refractivity contribution >= 4 is 16.8 Å². The molecular weight excluding hydrogens is 388 g/mol. The molecule has 2 aromatic carbocycles. The Balaban J connectivity index is 1.08. The fourth-order valence-corrected chi connectivity index (χ4v) is 6.07. The molecular formula is C25H26N4O2. The van der Waals surface area contributed by atoms with E-state index in [4.69, 9.17) is 0 Å². The number of nitrogens with one attached hydrogen (secondary N) is 2. The fraction of sp³-hybridized carbons (Fsp3) is 0.400. The van der Waals surface area contributed by atoms with Crippen LogP contribution in [0.4, 0.5) is 4.79 Å². The van der Waals surface area contributed by atoms with Crippen molar-refractivity contribution in [3.05, 3.63) is 76.2 Å². The average Bonchev–Trinajstić information content (AvgIpc) is 3.08. The van der Waals surface area contributed by atoms with Crippen LogP contribution in [0.2, 0.25) is 0 Å². The number of carbonyl (C=O) groups excluding carboxylic acids is 1. The number of urea groups is 1. The second kappa shape index (κ2) is 6.94. The topological polar surface area (TPSA) is 78.1 Å². The summed E-state index contributed by atoms with van der Waals surface area (Å²) in [7, 11) is 0. The first-order chi connectivity index (χ1) is 15.1. The van der Waals surface area contributed by atoms with Crippen LogP contribution in [0, 0.1) is 5.41 Å². The van der Waals surface area contributed by atoms with Crippen LogP contribution in [0.15, 0.2) is 59.4 Å². The van der Waals surface area contributed by atoms with Crippen molar-refractivity contribution in [1.29, 1.82) is 0 Å². The Morgan fingerprint density at radius 1 is 0.935 bits per heavy atom. The first kappa shape index (κ1) is 18.6. The van der Waals surface area contributed by atoms with Crippen LogP contribution in [0.5, 0.6) is 0 Å². The van der Waals surface area contributed by atoms with E-state index in [0.29, 0.717) is 17.4 Å². The molecule has 2 aliphatic carbocycles. The van der Waals surface area contributed by atoms with Crippen molar-refractivity contribution in [2.24, 2.45) is 5.41 Å². The van der Waals surface area contributed by atoms with Gasteiger partial charge in [0.2, 0.25) is 0 Å². The molecule has 6 nitrogen and oxygen atoms in total. The van der Waals surface area contributed by atoms with Crippen molar-refractivity contribution < 1.29 is 4.79 Å². The van der Waals surface area contributed by atoms with E-state index >= 15 is 0 Å². The summed E-state index contributed by atoms with van der Waals surface area (Å²) in [6.45, 7) is 0.796. The molecule has 0 unspecified atom stereocenters. The van der Waals surface area contributed by atoms with Crippen molar-refractivity contribution in [3.63, 3.8) is 0 Å². The van der Waals surface area contributed by atoms with Gasteiger partial charge < -0.3 is 10.2 Å². The molecule has 2 N–H and O–H groups in total. The van der Waals surface area contributed by atoms with Gasteiger partial charge in [0.05, 0.1) is 17.1 Å². The smallest absolute Gasteiger partial charge is 0.318 e. The van der Waals surface area contributed by atoms with E-state index in [1.807, 2.05) is 42.5 Å². The highest BCUT2D eigenvalue weighted by Crippen LogP contribution is 2.63. The molecule has 158 valence electrons. The molecule has 1 atom stereocenters. The summed E-state index contributed by atoms with van der Waals surface area (Å²) in [6, 6.07) is 18.7. The van der Waals surface area contributed by atoms with E-state index in [1.54, 1.807) is 0 Å². The predicted molar refractivity (Wildman–Crippen MR) is 119 cm³/mol. The minimum Gasteiger partial charge on any atom is -0.333 e. The van der Waals surface area contributed by atoms with Gasteiger partial charge in [0, 0.05) is 23.9 Å². The minimum absolute atomic E-state index is 0.0879. The zero-order chi connectivity index (χ0) is 21.0. The van der Waals surface area contributed by atoms with Crippen LogP contribution in [0.25, 0.3) is 10.8 Å². The van der Waals surface area contributed by atoms with Gasteiger partial charge in [0.25, 0.3) is 5.56 Å². The first-order valence-electron chi connectivity index (χ1n) is 11.2. The summed E-state index contributed by atoms with van der Waals surface area (Å²) in [5.74, 6) is 0.390. The second-order valence-electron chi connectivity index (χ2n) is 9.64. The molecule has 1 spiro atoms. The maximum Gasteiger partial charge on any atom is 0.318 e. The Labute approximate surface area is 180 Å². The lowest BCUT2D eigenvalue weighted by molar-refractivity contribution is -0.0515. The Kier molecular flexibility index (Phi) is 4.16. The Bertz CT molecular complexity index is 1190. The van der Waals surface area contributed by atoms with Gasteiger partial charge in [-0.25, -0.2) is 9.89 Å². The highest BCUT2D eigenvalue weighted by atomic mass is 16.2. The summed E-state index contributed by atoms with van der Waals surface area (Å²) >= 11 is 0. The number of hydrogen-bond acceptors (Lipinski definition) is 3. The molecule has 31 heavy (non-hydrogen) atoms. The van der Waals surface area contributed by atoms with Gasteiger partial charge in [-0.05, 0) is 49.1 Å². The molecule has 2 heterocycles. The Morgan fingerprint density at radius 2 is 1.65 bits per heavy atom. The van der Waals surface area contributed by atoms with Crippen LogP contribution in [-0.4, -0.2) is 39.8 Å².